The van der Waals surface area contributed by atoms with E-state index >= 15 is 0 Å². The van der Waals surface area contributed by atoms with Gasteiger partial charge in [0.2, 0.25) is 11.8 Å². The van der Waals surface area contributed by atoms with Crippen molar-refractivity contribution in [1.82, 2.24) is 10.2 Å². The summed E-state index contributed by atoms with van der Waals surface area (Å²) in [7, 11) is 0. The summed E-state index contributed by atoms with van der Waals surface area (Å²) in [6.07, 6.45) is 0.518. The van der Waals surface area contributed by atoms with Crippen molar-refractivity contribution in [3.63, 3.8) is 0 Å². The first-order valence-corrected chi connectivity index (χ1v) is 13.1. The lowest BCUT2D eigenvalue weighted by Gasteiger charge is -2.32. The van der Waals surface area contributed by atoms with E-state index in [-0.39, 0.29) is 18.2 Å². The molecule has 0 radical (unpaired) electrons. The minimum Gasteiger partial charge on any atom is -0.354 e. The molecule has 3 aromatic rings. The quantitative estimate of drug-likeness (QED) is 0.292. The fraction of sp³-hybridized carbons (Fsp3) is 0.286. The molecule has 1 atom stereocenters. The summed E-state index contributed by atoms with van der Waals surface area (Å²) in [4.78, 5) is 28.8. The molecule has 7 heteroatoms. The molecule has 1 N–H and O–H groups in total. The minimum atomic E-state index is -0.671. The summed E-state index contributed by atoms with van der Waals surface area (Å²) in [6.45, 7) is 4.93. The molecule has 4 nitrogen and oxygen atoms in total. The van der Waals surface area contributed by atoms with Gasteiger partial charge in [-0.25, -0.2) is 0 Å². The van der Waals surface area contributed by atoms with Crippen LogP contribution < -0.4 is 5.32 Å². The Hall–Kier alpha value is -2.34. The number of benzene rings is 3. The highest BCUT2D eigenvalue weighted by Gasteiger charge is 2.30. The van der Waals surface area contributed by atoms with Gasteiger partial charge in [-0.1, -0.05) is 102 Å². The lowest BCUT2D eigenvalue weighted by molar-refractivity contribution is -0.140. The zero-order chi connectivity index (χ0) is 25.4. The van der Waals surface area contributed by atoms with E-state index in [2.05, 4.69) is 21.2 Å². The Bertz CT molecular complexity index is 1140. The van der Waals surface area contributed by atoms with Crippen LogP contribution in [0, 0.1) is 5.92 Å². The Kier molecular flexibility index (Phi) is 10.2. The second kappa shape index (κ2) is 13.1. The smallest absolute Gasteiger partial charge is 0.243 e. The summed E-state index contributed by atoms with van der Waals surface area (Å²) in [6, 6.07) is 22.0. The fourth-order valence-corrected chi connectivity index (χ4v) is 4.27. The van der Waals surface area contributed by atoms with Gasteiger partial charge in [0.05, 0.1) is 16.5 Å². The third kappa shape index (κ3) is 8.38. The Morgan fingerprint density at radius 3 is 2.17 bits per heavy atom. The summed E-state index contributed by atoms with van der Waals surface area (Å²) in [5.74, 6) is -0.0303. The van der Waals surface area contributed by atoms with Crippen molar-refractivity contribution >= 4 is 50.9 Å². The molecule has 2 amide bonds. The summed E-state index contributed by atoms with van der Waals surface area (Å²) >= 11 is 15.7. The number of rotatable bonds is 10. The van der Waals surface area contributed by atoms with Gasteiger partial charge in [-0.15, -0.1) is 0 Å². The van der Waals surface area contributed by atoms with Crippen molar-refractivity contribution in [1.29, 1.82) is 0 Å². The van der Waals surface area contributed by atoms with Crippen LogP contribution in [0.5, 0.6) is 0 Å². The van der Waals surface area contributed by atoms with Gasteiger partial charge in [0, 0.05) is 24.0 Å². The molecule has 35 heavy (non-hydrogen) atoms. The van der Waals surface area contributed by atoms with E-state index < -0.39 is 6.04 Å². The van der Waals surface area contributed by atoms with Crippen molar-refractivity contribution in [3.8, 4) is 0 Å². The lowest BCUT2D eigenvalue weighted by atomic mass is 10.0. The number of hydrogen-bond donors (Lipinski definition) is 1. The third-order valence-electron chi connectivity index (χ3n) is 5.56. The molecule has 0 aliphatic carbocycles. The van der Waals surface area contributed by atoms with Crippen LogP contribution in [0.3, 0.4) is 0 Å². The molecule has 3 aromatic carbocycles. The molecule has 184 valence electrons. The van der Waals surface area contributed by atoms with E-state index in [1.165, 1.54) is 0 Å². The highest BCUT2D eigenvalue weighted by molar-refractivity contribution is 9.10. The maximum Gasteiger partial charge on any atom is 0.243 e. The van der Waals surface area contributed by atoms with E-state index in [0.29, 0.717) is 35.5 Å². The van der Waals surface area contributed by atoms with Crippen LogP contribution in [0.4, 0.5) is 0 Å². The first kappa shape index (κ1) is 27.3. The monoisotopic (exact) mass is 574 g/mol. The van der Waals surface area contributed by atoms with Gasteiger partial charge < -0.3 is 10.2 Å². The number of carbonyl (C=O) groups is 2. The van der Waals surface area contributed by atoms with E-state index in [1.54, 1.807) is 23.1 Å². The Morgan fingerprint density at radius 1 is 0.886 bits per heavy atom. The molecule has 0 bridgehead atoms. The van der Waals surface area contributed by atoms with E-state index in [4.69, 9.17) is 23.2 Å². The highest BCUT2D eigenvalue weighted by Crippen LogP contribution is 2.24. The second-order valence-electron chi connectivity index (χ2n) is 8.92. The van der Waals surface area contributed by atoms with Crippen LogP contribution in [0.2, 0.25) is 10.0 Å². The maximum absolute atomic E-state index is 13.7. The highest BCUT2D eigenvalue weighted by atomic mass is 79.9. The van der Waals surface area contributed by atoms with Crippen molar-refractivity contribution in [3.05, 3.63) is 104 Å². The third-order valence-corrected chi connectivity index (χ3v) is 6.83. The first-order valence-electron chi connectivity index (χ1n) is 11.5. The number of nitrogens with zero attached hydrogens (tertiary/aromatic N) is 1. The number of carbonyl (C=O) groups excluding carboxylic acids is 2. The van der Waals surface area contributed by atoms with Gasteiger partial charge in [0.15, 0.2) is 0 Å². The first-order chi connectivity index (χ1) is 16.7. The molecule has 0 aromatic heterocycles. The number of amides is 2. The molecule has 0 unspecified atom stereocenters. The van der Waals surface area contributed by atoms with Gasteiger partial charge in [-0.2, -0.15) is 0 Å². The lowest BCUT2D eigenvalue weighted by Crippen LogP contribution is -2.51. The minimum absolute atomic E-state index is 0.107. The predicted octanol–water partition coefficient (Wildman–Crippen LogP) is 6.71. The maximum atomic E-state index is 13.7. The van der Waals surface area contributed by atoms with E-state index in [0.717, 1.165) is 21.2 Å². The largest absolute Gasteiger partial charge is 0.354 e. The summed E-state index contributed by atoms with van der Waals surface area (Å²) in [5.41, 5.74) is 2.66. The molecule has 0 fully saturated rings. The predicted molar refractivity (Wildman–Crippen MR) is 147 cm³/mol. The van der Waals surface area contributed by atoms with Crippen LogP contribution in [0.15, 0.2) is 77.3 Å². The normalized spacial score (nSPS) is 11.8. The van der Waals surface area contributed by atoms with Gasteiger partial charge in [0.1, 0.15) is 6.04 Å². The van der Waals surface area contributed by atoms with Gasteiger partial charge in [-0.3, -0.25) is 9.59 Å². The van der Waals surface area contributed by atoms with Gasteiger partial charge in [0.25, 0.3) is 0 Å². The molecular weight excluding hydrogens is 547 g/mol. The standard InChI is InChI=1S/C28H29BrCl2N2O2/c1-19(2)17-32-28(35)26(15-20-6-4-3-5-7-20)33(18-21-8-11-23(29)12-9-21)27(34)16-22-10-13-24(30)25(31)14-22/h3-14,19,26H,15-18H2,1-2H3,(H,32,35)/t26-/m1/s1. The average molecular weight is 576 g/mol. The van der Waals surface area contributed by atoms with E-state index in [1.807, 2.05) is 68.4 Å². The van der Waals surface area contributed by atoms with Crippen LogP contribution in [-0.4, -0.2) is 29.3 Å². The summed E-state index contributed by atoms with van der Waals surface area (Å²) < 4.78 is 0.949. The van der Waals surface area contributed by atoms with Crippen LogP contribution in [-0.2, 0) is 29.0 Å². The van der Waals surface area contributed by atoms with Crippen molar-refractivity contribution in [2.75, 3.05) is 6.54 Å². The Morgan fingerprint density at radius 2 is 1.54 bits per heavy atom. The number of nitrogens with one attached hydrogen (secondary N) is 1. The molecule has 0 saturated heterocycles. The fourth-order valence-electron chi connectivity index (χ4n) is 3.69. The van der Waals surface area contributed by atoms with Crippen LogP contribution >= 0.6 is 39.1 Å². The SMILES string of the molecule is CC(C)CNC(=O)[C@@H](Cc1ccccc1)N(Cc1ccc(Br)cc1)C(=O)Cc1ccc(Cl)c(Cl)c1. The van der Waals surface area contributed by atoms with Gasteiger partial charge in [-0.05, 0) is 46.9 Å². The summed E-state index contributed by atoms with van der Waals surface area (Å²) in [5, 5.41) is 3.86. The zero-order valence-corrected chi connectivity index (χ0v) is 22.9. The zero-order valence-electron chi connectivity index (χ0n) is 19.8. The number of hydrogen-bond acceptors (Lipinski definition) is 2. The van der Waals surface area contributed by atoms with Crippen molar-refractivity contribution < 1.29 is 9.59 Å². The van der Waals surface area contributed by atoms with E-state index in [9.17, 15) is 9.59 Å². The molecule has 3 rings (SSSR count). The molecule has 0 aliphatic heterocycles. The molecule has 0 saturated carbocycles. The molecule has 0 spiro atoms. The van der Waals surface area contributed by atoms with Crippen molar-refractivity contribution in [2.45, 2.75) is 39.3 Å². The molecule has 0 aliphatic rings. The number of halogens is 3. The van der Waals surface area contributed by atoms with Crippen LogP contribution in [0.25, 0.3) is 0 Å². The Balaban J connectivity index is 1.95. The average Bonchev–Trinajstić information content (AvgIpc) is 2.84. The van der Waals surface area contributed by atoms with Gasteiger partial charge >= 0.3 is 0 Å². The molecule has 0 heterocycles. The van der Waals surface area contributed by atoms with Crippen LogP contribution in [0.1, 0.15) is 30.5 Å². The van der Waals surface area contributed by atoms with Crippen molar-refractivity contribution in [2.24, 2.45) is 5.92 Å². The molecular formula is C28H29BrCl2N2O2. The topological polar surface area (TPSA) is 49.4 Å². The Labute approximate surface area is 225 Å². The second-order valence-corrected chi connectivity index (χ2v) is 10.6.